The summed E-state index contributed by atoms with van der Waals surface area (Å²) >= 11 is 0. The Morgan fingerprint density at radius 1 is 1.54 bits per heavy atom. The molecule has 0 saturated heterocycles. The zero-order chi connectivity index (χ0) is 9.68. The van der Waals surface area contributed by atoms with Gasteiger partial charge in [0.1, 0.15) is 0 Å². The van der Waals surface area contributed by atoms with E-state index >= 15 is 0 Å². The molecule has 0 N–H and O–H groups in total. The minimum absolute atomic E-state index is 0.294. The molecule has 3 nitrogen and oxygen atoms in total. The van der Waals surface area contributed by atoms with Gasteiger partial charge in [-0.15, -0.1) is 0 Å². The van der Waals surface area contributed by atoms with Crippen LogP contribution in [0.2, 0.25) is 0 Å². The number of rotatable bonds is 6. The molecule has 0 heterocycles. The van der Waals surface area contributed by atoms with E-state index in [0.717, 1.165) is 13.0 Å². The molecule has 0 aromatic rings. The number of nitrogens with zero attached hydrogens (tertiary/aromatic N) is 1. The van der Waals surface area contributed by atoms with Crippen molar-refractivity contribution in [3.8, 4) is 0 Å². The molecular formula is C10H19NO2. The Morgan fingerprint density at radius 2 is 2.23 bits per heavy atom. The summed E-state index contributed by atoms with van der Waals surface area (Å²) in [7, 11) is 1.68. The second-order valence-corrected chi connectivity index (χ2v) is 3.56. The summed E-state index contributed by atoms with van der Waals surface area (Å²) < 4.78 is 4.98. The Kier molecular flexibility index (Phi) is 4.22. The van der Waals surface area contributed by atoms with Crippen LogP contribution in [0.25, 0.3) is 0 Å². The van der Waals surface area contributed by atoms with Gasteiger partial charge in [0.2, 0.25) is 5.91 Å². The summed E-state index contributed by atoms with van der Waals surface area (Å²) in [5.74, 6) is 0.294. The van der Waals surface area contributed by atoms with Gasteiger partial charge in [-0.25, -0.2) is 0 Å². The van der Waals surface area contributed by atoms with E-state index in [1.165, 1.54) is 12.8 Å². The first-order valence-electron chi connectivity index (χ1n) is 5.08. The second-order valence-electron chi connectivity index (χ2n) is 3.56. The molecule has 1 saturated carbocycles. The van der Waals surface area contributed by atoms with Crippen molar-refractivity contribution in [2.24, 2.45) is 0 Å². The molecule has 0 aliphatic heterocycles. The molecule has 1 amide bonds. The highest BCUT2D eigenvalue weighted by Crippen LogP contribution is 2.27. The fraction of sp³-hybridized carbons (Fsp3) is 0.900. The lowest BCUT2D eigenvalue weighted by atomic mass is 10.3. The average Bonchev–Trinajstić information content (AvgIpc) is 2.89. The topological polar surface area (TPSA) is 29.5 Å². The molecule has 76 valence electrons. The molecule has 0 unspecified atom stereocenters. The van der Waals surface area contributed by atoms with Gasteiger partial charge in [-0.3, -0.25) is 4.79 Å². The fourth-order valence-electron chi connectivity index (χ4n) is 1.44. The van der Waals surface area contributed by atoms with Crippen LogP contribution in [0, 0.1) is 0 Å². The highest BCUT2D eigenvalue weighted by Gasteiger charge is 2.31. The van der Waals surface area contributed by atoms with Gasteiger partial charge in [-0.1, -0.05) is 6.92 Å². The van der Waals surface area contributed by atoms with Crippen LogP contribution in [-0.2, 0) is 9.53 Å². The highest BCUT2D eigenvalue weighted by molar-refractivity contribution is 5.76. The van der Waals surface area contributed by atoms with Crippen LogP contribution in [0.5, 0.6) is 0 Å². The van der Waals surface area contributed by atoms with E-state index in [1.807, 2.05) is 11.8 Å². The molecule has 3 heteroatoms. The summed E-state index contributed by atoms with van der Waals surface area (Å²) in [5.41, 5.74) is 0. The summed E-state index contributed by atoms with van der Waals surface area (Å²) in [6.07, 6.45) is 3.98. The van der Waals surface area contributed by atoms with Crippen molar-refractivity contribution in [1.82, 2.24) is 4.90 Å². The molecule has 0 aromatic heterocycles. The van der Waals surface area contributed by atoms with E-state index in [-0.39, 0.29) is 0 Å². The molecule has 0 atom stereocenters. The fourth-order valence-corrected chi connectivity index (χ4v) is 1.44. The molecule has 1 rings (SSSR count). The largest absolute Gasteiger partial charge is 0.383 e. The van der Waals surface area contributed by atoms with E-state index in [4.69, 9.17) is 4.74 Å². The van der Waals surface area contributed by atoms with Crippen LogP contribution < -0.4 is 0 Å². The maximum Gasteiger partial charge on any atom is 0.222 e. The third kappa shape index (κ3) is 3.35. The Morgan fingerprint density at radius 3 is 2.69 bits per heavy atom. The Bertz CT molecular complexity index is 166. The van der Waals surface area contributed by atoms with Crippen molar-refractivity contribution in [1.29, 1.82) is 0 Å². The quantitative estimate of drug-likeness (QED) is 0.626. The van der Waals surface area contributed by atoms with Crippen molar-refractivity contribution < 1.29 is 9.53 Å². The molecule has 1 aliphatic rings. The van der Waals surface area contributed by atoms with Crippen LogP contribution in [0.15, 0.2) is 0 Å². The van der Waals surface area contributed by atoms with E-state index in [1.54, 1.807) is 7.11 Å². The van der Waals surface area contributed by atoms with Crippen LogP contribution in [-0.4, -0.2) is 37.1 Å². The van der Waals surface area contributed by atoms with Crippen LogP contribution >= 0.6 is 0 Å². The van der Waals surface area contributed by atoms with Gasteiger partial charge in [-0.05, 0) is 19.3 Å². The summed E-state index contributed by atoms with van der Waals surface area (Å²) in [4.78, 5) is 13.6. The van der Waals surface area contributed by atoms with Gasteiger partial charge in [0.15, 0.2) is 0 Å². The normalized spacial score (nSPS) is 15.8. The lowest BCUT2D eigenvalue weighted by molar-refractivity contribution is -0.132. The number of hydrogen-bond acceptors (Lipinski definition) is 2. The minimum atomic E-state index is 0.294. The first-order chi connectivity index (χ1) is 6.29. The minimum Gasteiger partial charge on any atom is -0.383 e. The first-order valence-corrected chi connectivity index (χ1v) is 5.08. The Labute approximate surface area is 80.1 Å². The monoisotopic (exact) mass is 185 g/mol. The predicted molar refractivity (Wildman–Crippen MR) is 51.5 cm³/mol. The highest BCUT2D eigenvalue weighted by atomic mass is 16.5. The predicted octanol–water partition coefficient (Wildman–Crippen LogP) is 1.42. The molecule has 1 aliphatic carbocycles. The van der Waals surface area contributed by atoms with Crippen molar-refractivity contribution >= 4 is 5.91 Å². The smallest absolute Gasteiger partial charge is 0.222 e. The van der Waals surface area contributed by atoms with E-state index in [9.17, 15) is 4.79 Å². The molecule has 0 aromatic carbocycles. The SMILES string of the molecule is CCCC(=O)N(CCOC)C1CC1. The molecule has 0 radical (unpaired) electrons. The maximum absolute atomic E-state index is 11.6. The molecular weight excluding hydrogens is 166 g/mol. The number of ether oxygens (including phenoxy) is 1. The van der Waals surface area contributed by atoms with Gasteiger partial charge in [0.05, 0.1) is 6.61 Å². The van der Waals surface area contributed by atoms with E-state index in [2.05, 4.69) is 0 Å². The Hall–Kier alpha value is -0.570. The van der Waals surface area contributed by atoms with Gasteiger partial charge < -0.3 is 9.64 Å². The van der Waals surface area contributed by atoms with Crippen LogP contribution in [0.1, 0.15) is 32.6 Å². The van der Waals surface area contributed by atoms with Gasteiger partial charge in [0, 0.05) is 26.1 Å². The number of hydrogen-bond donors (Lipinski definition) is 0. The van der Waals surface area contributed by atoms with Crippen molar-refractivity contribution in [3.63, 3.8) is 0 Å². The van der Waals surface area contributed by atoms with Crippen LogP contribution in [0.3, 0.4) is 0 Å². The molecule has 1 fully saturated rings. The Balaban J connectivity index is 2.32. The number of methoxy groups -OCH3 is 1. The second kappa shape index (κ2) is 5.22. The van der Waals surface area contributed by atoms with Gasteiger partial charge in [0.25, 0.3) is 0 Å². The maximum atomic E-state index is 11.6. The van der Waals surface area contributed by atoms with Crippen molar-refractivity contribution in [2.75, 3.05) is 20.3 Å². The zero-order valence-corrected chi connectivity index (χ0v) is 8.58. The molecule has 0 bridgehead atoms. The third-order valence-corrected chi connectivity index (χ3v) is 2.31. The van der Waals surface area contributed by atoms with Gasteiger partial charge in [-0.2, -0.15) is 0 Å². The first kappa shape index (κ1) is 10.5. The zero-order valence-electron chi connectivity index (χ0n) is 8.58. The lowest BCUT2D eigenvalue weighted by Crippen LogP contribution is -2.35. The summed E-state index contributed by atoms with van der Waals surface area (Å²) in [6.45, 7) is 3.46. The number of amides is 1. The third-order valence-electron chi connectivity index (χ3n) is 2.31. The van der Waals surface area contributed by atoms with Crippen molar-refractivity contribution in [2.45, 2.75) is 38.6 Å². The van der Waals surface area contributed by atoms with E-state index in [0.29, 0.717) is 25.0 Å². The number of carbonyl (C=O) groups excluding carboxylic acids is 1. The van der Waals surface area contributed by atoms with Crippen LogP contribution in [0.4, 0.5) is 0 Å². The van der Waals surface area contributed by atoms with Gasteiger partial charge >= 0.3 is 0 Å². The molecule has 13 heavy (non-hydrogen) atoms. The average molecular weight is 185 g/mol. The standard InChI is InChI=1S/C10H19NO2/c1-3-4-10(12)11(7-8-13-2)9-5-6-9/h9H,3-8H2,1-2H3. The molecule has 0 spiro atoms. The summed E-state index contributed by atoms with van der Waals surface area (Å²) in [5, 5.41) is 0. The lowest BCUT2D eigenvalue weighted by Gasteiger charge is -2.21. The summed E-state index contributed by atoms with van der Waals surface area (Å²) in [6, 6.07) is 0.522. The van der Waals surface area contributed by atoms with Crippen molar-refractivity contribution in [3.05, 3.63) is 0 Å². The van der Waals surface area contributed by atoms with E-state index < -0.39 is 0 Å². The number of carbonyl (C=O) groups is 1.